The van der Waals surface area contributed by atoms with Crippen LogP contribution in [0.25, 0.3) is 88.4 Å². The van der Waals surface area contributed by atoms with Crippen molar-refractivity contribution in [1.29, 1.82) is 0 Å². The summed E-state index contributed by atoms with van der Waals surface area (Å²) in [5, 5.41) is 9.68. The van der Waals surface area contributed by atoms with E-state index in [1.54, 1.807) is 0 Å². The van der Waals surface area contributed by atoms with Crippen molar-refractivity contribution in [3.05, 3.63) is 193 Å². The van der Waals surface area contributed by atoms with Gasteiger partial charge in [-0.05, 0) is 79.8 Å². The molecule has 0 N–H and O–H groups in total. The second-order valence-corrected chi connectivity index (χ2v) is 16.0. The quantitative estimate of drug-likeness (QED) is 0.167. The molecule has 2 aromatic heterocycles. The van der Waals surface area contributed by atoms with Crippen LogP contribution in [0.5, 0.6) is 0 Å². The van der Waals surface area contributed by atoms with Crippen molar-refractivity contribution in [2.24, 2.45) is 0 Å². The van der Waals surface area contributed by atoms with Crippen molar-refractivity contribution in [2.45, 2.75) is 19.3 Å². The number of para-hydroxylation sites is 1. The van der Waals surface area contributed by atoms with E-state index in [1.807, 2.05) is 60.7 Å². The molecule has 0 atom stereocenters. The predicted molar refractivity (Wildman–Crippen MR) is 243 cm³/mol. The van der Waals surface area contributed by atoms with Crippen molar-refractivity contribution in [3.63, 3.8) is 0 Å². The maximum absolute atomic E-state index is 6.88. The Morgan fingerprint density at radius 1 is 0.373 bits per heavy atom. The molecule has 0 unspecified atom stereocenters. The lowest BCUT2D eigenvalue weighted by Gasteiger charge is -2.42. The lowest BCUT2D eigenvalue weighted by molar-refractivity contribution is 0.630. The number of nitrogens with zero attached hydrogens (tertiary/aromatic N) is 4. The molecule has 0 fully saturated rings. The fourth-order valence-corrected chi connectivity index (χ4v) is 9.37. The normalized spacial score (nSPS) is 13.4. The highest BCUT2D eigenvalue weighted by Gasteiger charge is 2.38. The predicted octanol–water partition coefficient (Wildman–Crippen LogP) is 14.3. The molecule has 11 aromatic rings. The minimum Gasteiger partial charge on any atom is -0.456 e. The molecule has 0 amide bonds. The second-order valence-electron chi connectivity index (χ2n) is 16.0. The van der Waals surface area contributed by atoms with Gasteiger partial charge in [0, 0.05) is 44.6 Å². The van der Waals surface area contributed by atoms with Crippen LogP contribution in [-0.2, 0) is 5.41 Å². The Morgan fingerprint density at radius 3 is 1.51 bits per heavy atom. The van der Waals surface area contributed by atoms with Gasteiger partial charge in [-0.2, -0.15) is 0 Å². The van der Waals surface area contributed by atoms with Gasteiger partial charge in [-0.15, -0.1) is 0 Å². The number of hydrogen-bond acceptors (Lipinski definition) is 5. The number of fused-ring (bicyclic) bond motifs is 11. The fourth-order valence-electron chi connectivity index (χ4n) is 9.37. The standard InChI is InChI=1S/C54H36N4O/c1-54(2)45-26-13-14-27-47(45)58(36-21-15-20-35(28-36)53-56-51(33-16-5-3-6-17-33)55-52(57-53)34-18-7-4-8-19-34)48-32-50-44(30-46(48)54)43-29-41-39-24-11-9-22-37(39)38-23-10-12-25-40(38)42(41)31-49(43)59-50/h3-32H,1-2H3. The smallest absolute Gasteiger partial charge is 0.164 e. The Morgan fingerprint density at radius 2 is 0.864 bits per heavy atom. The van der Waals surface area contributed by atoms with E-state index in [9.17, 15) is 0 Å². The first-order valence-corrected chi connectivity index (χ1v) is 20.1. The summed E-state index contributed by atoms with van der Waals surface area (Å²) in [6.07, 6.45) is 0. The fraction of sp³-hybridized carbons (Fsp3) is 0.0556. The third kappa shape index (κ3) is 5.14. The number of aromatic nitrogens is 3. The van der Waals surface area contributed by atoms with Crippen molar-refractivity contribution in [2.75, 3.05) is 4.90 Å². The average molecular weight is 757 g/mol. The molecule has 5 nitrogen and oxygen atoms in total. The molecule has 0 bridgehead atoms. The van der Waals surface area contributed by atoms with E-state index >= 15 is 0 Å². The number of anilines is 3. The van der Waals surface area contributed by atoms with Gasteiger partial charge in [0.25, 0.3) is 0 Å². The van der Waals surface area contributed by atoms with Gasteiger partial charge in [0.05, 0.1) is 11.4 Å². The largest absolute Gasteiger partial charge is 0.456 e. The molecule has 1 aliphatic rings. The summed E-state index contributed by atoms with van der Waals surface area (Å²) >= 11 is 0. The SMILES string of the molecule is CC1(C)c2ccccc2N(c2cccc(-c3nc(-c4ccccc4)nc(-c4ccccc4)n3)c2)c2cc3oc4cc5c6ccccc6c6ccccc6c5cc4c3cc21. The first-order valence-electron chi connectivity index (χ1n) is 20.1. The Kier molecular flexibility index (Phi) is 7.20. The summed E-state index contributed by atoms with van der Waals surface area (Å²) in [7, 11) is 0. The summed E-state index contributed by atoms with van der Waals surface area (Å²) < 4.78 is 6.88. The average Bonchev–Trinajstić information content (AvgIpc) is 3.65. The van der Waals surface area contributed by atoms with E-state index in [0.29, 0.717) is 17.5 Å². The van der Waals surface area contributed by atoms with Crippen LogP contribution in [0.4, 0.5) is 17.1 Å². The lowest BCUT2D eigenvalue weighted by atomic mass is 9.73. The zero-order chi connectivity index (χ0) is 39.2. The van der Waals surface area contributed by atoms with Crippen LogP contribution in [-0.4, -0.2) is 15.0 Å². The Labute approximate surface area is 340 Å². The summed E-state index contributed by atoms with van der Waals surface area (Å²) in [6, 6.07) is 64.2. The summed E-state index contributed by atoms with van der Waals surface area (Å²) in [5.74, 6) is 1.89. The van der Waals surface area contributed by atoms with E-state index in [4.69, 9.17) is 19.4 Å². The highest BCUT2D eigenvalue weighted by molar-refractivity contribution is 6.28. The van der Waals surface area contributed by atoms with Crippen LogP contribution in [0.15, 0.2) is 186 Å². The first-order chi connectivity index (χ1) is 29.0. The van der Waals surface area contributed by atoms with Gasteiger partial charge in [0.15, 0.2) is 17.5 Å². The van der Waals surface area contributed by atoms with E-state index in [2.05, 4.69) is 140 Å². The van der Waals surface area contributed by atoms with E-state index in [1.165, 1.54) is 43.4 Å². The minimum atomic E-state index is -0.291. The zero-order valence-electron chi connectivity index (χ0n) is 32.5. The molecule has 59 heavy (non-hydrogen) atoms. The Bertz CT molecular complexity index is 3420. The van der Waals surface area contributed by atoms with E-state index < -0.39 is 0 Å². The van der Waals surface area contributed by atoms with Gasteiger partial charge in [0.2, 0.25) is 0 Å². The highest BCUT2D eigenvalue weighted by atomic mass is 16.3. The van der Waals surface area contributed by atoms with Crippen LogP contribution in [0.2, 0.25) is 0 Å². The summed E-state index contributed by atoms with van der Waals surface area (Å²) in [6.45, 7) is 4.67. The monoisotopic (exact) mass is 756 g/mol. The zero-order valence-corrected chi connectivity index (χ0v) is 32.5. The molecular weight excluding hydrogens is 721 g/mol. The number of hydrogen-bond donors (Lipinski definition) is 0. The molecule has 0 radical (unpaired) electrons. The lowest BCUT2D eigenvalue weighted by Crippen LogP contribution is -2.30. The van der Waals surface area contributed by atoms with E-state index in [-0.39, 0.29) is 5.41 Å². The minimum absolute atomic E-state index is 0.291. The second kappa shape index (κ2) is 12.7. The molecule has 5 heteroatoms. The third-order valence-electron chi connectivity index (χ3n) is 12.2. The molecule has 0 spiro atoms. The highest BCUT2D eigenvalue weighted by Crippen LogP contribution is 2.54. The van der Waals surface area contributed by atoms with Crippen molar-refractivity contribution >= 4 is 71.3 Å². The number of furan rings is 1. The molecule has 9 aromatic carbocycles. The van der Waals surface area contributed by atoms with Crippen LogP contribution in [0.3, 0.4) is 0 Å². The molecule has 1 aliphatic heterocycles. The van der Waals surface area contributed by atoms with Gasteiger partial charge in [0.1, 0.15) is 11.2 Å². The first kappa shape index (κ1) is 33.5. The van der Waals surface area contributed by atoms with Crippen LogP contribution in [0, 0.1) is 0 Å². The maximum Gasteiger partial charge on any atom is 0.164 e. The van der Waals surface area contributed by atoms with Crippen LogP contribution < -0.4 is 4.90 Å². The maximum atomic E-state index is 6.88. The van der Waals surface area contributed by atoms with Crippen LogP contribution >= 0.6 is 0 Å². The summed E-state index contributed by atoms with van der Waals surface area (Å²) in [5.41, 5.74) is 9.95. The number of rotatable bonds is 4. The van der Waals surface area contributed by atoms with Crippen molar-refractivity contribution in [1.82, 2.24) is 15.0 Å². The van der Waals surface area contributed by atoms with Crippen LogP contribution in [0.1, 0.15) is 25.0 Å². The topological polar surface area (TPSA) is 55.1 Å². The van der Waals surface area contributed by atoms with Gasteiger partial charge in [-0.3, -0.25) is 0 Å². The van der Waals surface area contributed by atoms with Gasteiger partial charge in [-0.1, -0.05) is 153 Å². The van der Waals surface area contributed by atoms with Gasteiger partial charge in [-0.25, -0.2) is 15.0 Å². The number of benzene rings is 9. The molecule has 12 rings (SSSR count). The summed E-state index contributed by atoms with van der Waals surface area (Å²) in [4.78, 5) is 17.4. The third-order valence-corrected chi connectivity index (χ3v) is 12.2. The Hall–Kier alpha value is -7.63. The van der Waals surface area contributed by atoms with Crippen molar-refractivity contribution in [3.8, 4) is 34.2 Å². The molecule has 3 heterocycles. The molecule has 0 aliphatic carbocycles. The van der Waals surface area contributed by atoms with Gasteiger partial charge < -0.3 is 9.32 Å². The van der Waals surface area contributed by atoms with Gasteiger partial charge >= 0.3 is 0 Å². The Balaban J connectivity index is 1.07. The van der Waals surface area contributed by atoms with Crippen molar-refractivity contribution < 1.29 is 4.42 Å². The molecule has 0 saturated carbocycles. The van der Waals surface area contributed by atoms with E-state index in [0.717, 1.165) is 55.7 Å². The molecule has 278 valence electrons. The molecule has 0 saturated heterocycles. The molecular formula is C54H36N4O.